The van der Waals surface area contributed by atoms with Gasteiger partial charge in [-0.15, -0.1) is 0 Å². The number of halogens is 2. The molecule has 2 aromatic rings. The van der Waals surface area contributed by atoms with Crippen LogP contribution in [0.2, 0.25) is 10.4 Å². The van der Waals surface area contributed by atoms with Gasteiger partial charge in [0.1, 0.15) is 16.9 Å². The molecule has 2 rings (SSSR count). The lowest BCUT2D eigenvalue weighted by atomic mass is 10.0. The van der Waals surface area contributed by atoms with Crippen molar-refractivity contribution in [1.29, 1.82) is 0 Å². The summed E-state index contributed by atoms with van der Waals surface area (Å²) in [5, 5.41) is 20.4. The number of carbonyl (C=O) groups excluding carboxylic acids is 1. The molecule has 0 saturated carbocycles. The third kappa shape index (κ3) is 3.44. The molecule has 0 aromatic carbocycles. The first-order valence-corrected chi connectivity index (χ1v) is 6.91. The number of carbonyl (C=O) groups is 1. The number of aromatic nitrogens is 3. The summed E-state index contributed by atoms with van der Waals surface area (Å²) < 4.78 is 4.72. The zero-order valence-corrected chi connectivity index (χ0v) is 12.5. The van der Waals surface area contributed by atoms with E-state index in [0.717, 1.165) is 0 Å². The fourth-order valence-corrected chi connectivity index (χ4v) is 2.42. The maximum absolute atomic E-state index is 11.3. The normalized spacial score (nSPS) is 14.1. The number of esters is 1. The molecule has 21 heavy (non-hydrogen) atoms. The smallest absolute Gasteiger partial charge is 0.308 e. The van der Waals surface area contributed by atoms with E-state index in [1.165, 1.54) is 6.20 Å². The molecule has 0 aliphatic carbocycles. The third-order valence-corrected chi connectivity index (χ3v) is 3.30. The topological polar surface area (TPSA) is 108 Å². The molecule has 0 saturated heterocycles. The summed E-state index contributed by atoms with van der Waals surface area (Å²) in [7, 11) is 0. The zero-order chi connectivity index (χ0) is 15.6. The molecular formula is C12H13Cl2N3O4. The molecule has 7 nitrogen and oxygen atoms in total. The van der Waals surface area contributed by atoms with Crippen LogP contribution in [0.5, 0.6) is 0 Å². The van der Waals surface area contributed by atoms with Crippen LogP contribution in [0.4, 0.5) is 0 Å². The lowest BCUT2D eigenvalue weighted by Gasteiger charge is -2.16. The van der Waals surface area contributed by atoms with Crippen molar-refractivity contribution < 1.29 is 19.7 Å². The monoisotopic (exact) mass is 333 g/mol. The van der Waals surface area contributed by atoms with Gasteiger partial charge in [0, 0.05) is 11.8 Å². The average Bonchev–Trinajstić information content (AvgIpc) is 2.81. The summed E-state index contributed by atoms with van der Waals surface area (Å²) >= 11 is 11.7. The molecule has 0 aliphatic rings. The van der Waals surface area contributed by atoms with Crippen LogP contribution in [0, 0.1) is 0 Å². The number of nitrogens with zero attached hydrogens (tertiary/aromatic N) is 2. The second-order valence-corrected chi connectivity index (χ2v) is 4.97. The molecule has 2 unspecified atom stereocenters. The lowest BCUT2D eigenvalue weighted by Crippen LogP contribution is -2.23. The van der Waals surface area contributed by atoms with E-state index < -0.39 is 18.2 Å². The Kier molecular flexibility index (Phi) is 5.00. The number of ether oxygens (including phenoxy) is 1. The Labute approximate surface area is 129 Å². The van der Waals surface area contributed by atoms with Crippen LogP contribution in [0.1, 0.15) is 25.0 Å². The van der Waals surface area contributed by atoms with Crippen molar-refractivity contribution in [1.82, 2.24) is 15.0 Å². The van der Waals surface area contributed by atoms with Gasteiger partial charge in [-0.25, -0.2) is 4.98 Å². The predicted molar refractivity (Wildman–Crippen MR) is 76.1 cm³/mol. The second kappa shape index (κ2) is 6.57. The first-order chi connectivity index (χ1) is 9.93. The molecular weight excluding hydrogens is 321 g/mol. The van der Waals surface area contributed by atoms with E-state index in [1.807, 2.05) is 0 Å². The van der Waals surface area contributed by atoms with E-state index in [0.29, 0.717) is 11.0 Å². The SMILES string of the molecule is CCOC(=O)CC(O)C(O)c1c[nH]c2nc(Cl)nc(Cl)c12. The lowest BCUT2D eigenvalue weighted by molar-refractivity contribution is -0.147. The van der Waals surface area contributed by atoms with E-state index in [-0.39, 0.29) is 29.0 Å². The first-order valence-electron chi connectivity index (χ1n) is 6.15. The number of H-pyrrole nitrogens is 1. The van der Waals surface area contributed by atoms with Crippen LogP contribution in [-0.4, -0.2) is 43.8 Å². The number of nitrogens with one attached hydrogen (secondary N) is 1. The molecule has 0 spiro atoms. The Morgan fingerprint density at radius 2 is 2.14 bits per heavy atom. The number of aromatic amines is 1. The van der Waals surface area contributed by atoms with E-state index in [9.17, 15) is 15.0 Å². The van der Waals surface area contributed by atoms with Crippen molar-refractivity contribution in [2.75, 3.05) is 6.61 Å². The number of fused-ring (bicyclic) bond motifs is 1. The van der Waals surface area contributed by atoms with Crippen LogP contribution in [0.15, 0.2) is 6.20 Å². The van der Waals surface area contributed by atoms with Gasteiger partial charge < -0.3 is 19.9 Å². The van der Waals surface area contributed by atoms with Gasteiger partial charge in [-0.05, 0) is 18.5 Å². The molecule has 0 fully saturated rings. The Balaban J connectivity index is 2.27. The number of hydrogen-bond acceptors (Lipinski definition) is 6. The van der Waals surface area contributed by atoms with E-state index in [1.54, 1.807) is 6.92 Å². The Hall–Kier alpha value is -1.41. The summed E-state index contributed by atoms with van der Waals surface area (Å²) in [6, 6.07) is 0. The van der Waals surface area contributed by atoms with Crippen molar-refractivity contribution >= 4 is 40.2 Å². The third-order valence-electron chi connectivity index (χ3n) is 2.85. The highest BCUT2D eigenvalue weighted by Crippen LogP contribution is 2.31. The standard InChI is InChI=1S/C12H13Cl2N3O4/c1-2-21-7(19)3-6(18)9(20)5-4-15-11-8(5)10(13)16-12(14)17-11/h4,6,9,18,20H,2-3H2,1H3,(H,15,16,17). The molecule has 2 atom stereocenters. The minimum atomic E-state index is -1.34. The van der Waals surface area contributed by atoms with Gasteiger partial charge in [-0.3, -0.25) is 4.79 Å². The van der Waals surface area contributed by atoms with Crippen molar-refractivity contribution in [3.8, 4) is 0 Å². The Bertz CT molecular complexity index is 661. The fraction of sp³-hybridized carbons (Fsp3) is 0.417. The summed E-state index contributed by atoms with van der Waals surface area (Å²) in [6.07, 6.45) is -1.59. The number of aliphatic hydroxyl groups is 2. The molecule has 3 N–H and O–H groups in total. The maximum Gasteiger partial charge on any atom is 0.308 e. The van der Waals surface area contributed by atoms with Crippen molar-refractivity contribution in [3.05, 3.63) is 22.2 Å². The van der Waals surface area contributed by atoms with E-state index in [2.05, 4.69) is 15.0 Å². The largest absolute Gasteiger partial charge is 0.466 e. The van der Waals surface area contributed by atoms with Crippen LogP contribution in [-0.2, 0) is 9.53 Å². The minimum absolute atomic E-state index is 0.0394. The number of rotatable bonds is 5. The Morgan fingerprint density at radius 1 is 1.43 bits per heavy atom. The summed E-state index contributed by atoms with van der Waals surface area (Å²) in [5.41, 5.74) is 0.612. The predicted octanol–water partition coefficient (Wildman–Crippen LogP) is 1.61. The van der Waals surface area contributed by atoms with Gasteiger partial charge in [-0.1, -0.05) is 11.6 Å². The van der Waals surface area contributed by atoms with Crippen molar-refractivity contribution in [2.24, 2.45) is 0 Å². The van der Waals surface area contributed by atoms with Gasteiger partial charge in [-0.2, -0.15) is 4.98 Å². The van der Waals surface area contributed by atoms with Crippen molar-refractivity contribution in [2.45, 2.75) is 25.6 Å². The zero-order valence-electron chi connectivity index (χ0n) is 11.0. The molecule has 9 heteroatoms. The van der Waals surface area contributed by atoms with Crippen LogP contribution in [0.25, 0.3) is 11.0 Å². The summed E-state index contributed by atoms with van der Waals surface area (Å²) in [6.45, 7) is 1.86. The van der Waals surface area contributed by atoms with Crippen LogP contribution >= 0.6 is 23.2 Å². The average molecular weight is 334 g/mol. The van der Waals surface area contributed by atoms with E-state index >= 15 is 0 Å². The number of aliphatic hydroxyl groups excluding tert-OH is 2. The van der Waals surface area contributed by atoms with Crippen LogP contribution < -0.4 is 0 Å². The molecule has 0 aliphatic heterocycles. The maximum atomic E-state index is 11.3. The molecule has 2 aromatic heterocycles. The fourth-order valence-electron chi connectivity index (χ4n) is 1.93. The highest BCUT2D eigenvalue weighted by molar-refractivity contribution is 6.35. The van der Waals surface area contributed by atoms with Gasteiger partial charge in [0.2, 0.25) is 5.28 Å². The van der Waals surface area contributed by atoms with Crippen molar-refractivity contribution in [3.63, 3.8) is 0 Å². The Morgan fingerprint density at radius 3 is 2.81 bits per heavy atom. The molecule has 0 amide bonds. The molecule has 2 heterocycles. The van der Waals surface area contributed by atoms with Gasteiger partial charge in [0.25, 0.3) is 0 Å². The molecule has 114 valence electrons. The molecule has 0 radical (unpaired) electrons. The highest BCUT2D eigenvalue weighted by atomic mass is 35.5. The van der Waals surface area contributed by atoms with E-state index in [4.69, 9.17) is 27.9 Å². The number of hydrogen-bond donors (Lipinski definition) is 3. The summed E-state index contributed by atoms with van der Waals surface area (Å²) in [5.74, 6) is -0.603. The van der Waals surface area contributed by atoms with Gasteiger partial charge >= 0.3 is 5.97 Å². The summed E-state index contributed by atoms with van der Waals surface area (Å²) in [4.78, 5) is 21.8. The van der Waals surface area contributed by atoms with Gasteiger partial charge in [0.15, 0.2) is 0 Å². The molecule has 0 bridgehead atoms. The first kappa shape index (κ1) is 16.0. The highest BCUT2D eigenvalue weighted by Gasteiger charge is 2.26. The second-order valence-electron chi connectivity index (χ2n) is 4.27. The minimum Gasteiger partial charge on any atom is -0.466 e. The quantitative estimate of drug-likeness (QED) is 0.436. The van der Waals surface area contributed by atoms with Gasteiger partial charge in [0.05, 0.1) is 24.5 Å². The van der Waals surface area contributed by atoms with Crippen LogP contribution in [0.3, 0.4) is 0 Å².